The van der Waals surface area contributed by atoms with E-state index in [9.17, 15) is 0 Å². The van der Waals surface area contributed by atoms with E-state index in [-0.39, 0.29) is 0 Å². The summed E-state index contributed by atoms with van der Waals surface area (Å²) in [6.07, 6.45) is 5.89. The molecular weight excluding hydrogens is 164 g/mol. The molecule has 0 aliphatic heterocycles. The first-order valence-electron chi connectivity index (χ1n) is 2.72. The third-order valence-electron chi connectivity index (χ3n) is 0.565. The van der Waals surface area contributed by atoms with Crippen LogP contribution < -0.4 is 0 Å². The first kappa shape index (κ1) is 9.95. The fourth-order valence-electron chi connectivity index (χ4n) is 0.272. The average Bonchev–Trinajstić information content (AvgIpc) is 2.87. The van der Waals surface area contributed by atoms with Crippen molar-refractivity contribution in [1.29, 1.82) is 0 Å². The molecule has 0 aromatic carbocycles. The van der Waals surface area contributed by atoms with Gasteiger partial charge in [0.15, 0.2) is 0 Å². The highest BCUT2D eigenvalue weighted by Gasteiger charge is 1.62. The number of aromatic nitrogens is 4. The number of rotatable bonds is 0. The highest BCUT2D eigenvalue weighted by Crippen LogP contribution is 1.63. The molecule has 2 aromatic heterocycles. The molecule has 7 nitrogen and oxygen atoms in total. The molecule has 0 radical (unpaired) electrons. The second kappa shape index (κ2) is 8.95. The van der Waals surface area contributed by atoms with Crippen LogP contribution in [-0.4, -0.2) is 27.4 Å². The average molecular weight is 170 g/mol. The van der Waals surface area contributed by atoms with Gasteiger partial charge in [0, 0.05) is 0 Å². The van der Waals surface area contributed by atoms with Crippen LogP contribution in [0, 0.1) is 0 Å². The topological polar surface area (TPSA) is 94.9 Å². The quantitative estimate of drug-likeness (QED) is 0.547. The van der Waals surface area contributed by atoms with Crippen LogP contribution in [0.3, 0.4) is 0 Å². The molecule has 2 rings (SSSR count). The van der Waals surface area contributed by atoms with Gasteiger partial charge in [-0.1, -0.05) is 20.6 Å². The van der Waals surface area contributed by atoms with E-state index in [0.29, 0.717) is 0 Å². The molecule has 0 aliphatic carbocycles. The summed E-state index contributed by atoms with van der Waals surface area (Å²) in [6.45, 7) is 2.00. The van der Waals surface area contributed by atoms with E-state index in [1.807, 2.05) is 6.79 Å². The van der Waals surface area contributed by atoms with Crippen LogP contribution in [0.2, 0.25) is 0 Å². The van der Waals surface area contributed by atoms with E-state index < -0.39 is 0 Å². The van der Waals surface area contributed by atoms with Crippen LogP contribution in [0.4, 0.5) is 0 Å². The van der Waals surface area contributed by atoms with Gasteiger partial charge in [-0.25, -0.2) is 9.26 Å². The summed E-state index contributed by atoms with van der Waals surface area (Å²) in [7, 11) is 0. The molecule has 0 spiro atoms. The molecule has 0 N–H and O–H groups in total. The summed E-state index contributed by atoms with van der Waals surface area (Å²) in [5.41, 5.74) is 0. The Bertz CT molecular complexity index is 170. The monoisotopic (exact) mass is 170 g/mol. The molecule has 0 fully saturated rings. The number of nitrogens with zero attached hydrogens (tertiary/aromatic N) is 4. The molecule has 0 aliphatic rings. The first-order valence-corrected chi connectivity index (χ1v) is 2.72. The number of hydrogen-bond donors (Lipinski definition) is 0. The fourth-order valence-corrected chi connectivity index (χ4v) is 0.272. The second-order valence-electron chi connectivity index (χ2n) is 1.18. The first-order chi connectivity index (χ1) is 6.00. The summed E-state index contributed by atoms with van der Waals surface area (Å²) < 4.78 is 8.17. The van der Waals surface area contributed by atoms with Crippen molar-refractivity contribution in [3.05, 3.63) is 24.8 Å². The van der Waals surface area contributed by atoms with Crippen LogP contribution in [0.25, 0.3) is 0 Å². The van der Waals surface area contributed by atoms with Crippen molar-refractivity contribution in [2.75, 3.05) is 0 Å². The largest absolute Gasteiger partial charge is 0.307 e. The molecule has 0 bridgehead atoms. The summed E-state index contributed by atoms with van der Waals surface area (Å²) >= 11 is 0. The lowest BCUT2D eigenvalue weighted by Crippen LogP contribution is -1.44. The summed E-state index contributed by atoms with van der Waals surface area (Å²) in [5.74, 6) is 0. The molecule has 12 heavy (non-hydrogen) atoms. The minimum absolute atomic E-state index is 1.47. The van der Waals surface area contributed by atoms with Gasteiger partial charge >= 0.3 is 0 Å². The molecule has 0 unspecified atom stereocenters. The normalized spacial score (nSPS) is 7.00. The van der Waals surface area contributed by atoms with Gasteiger partial charge < -0.3 is 4.79 Å². The molecule has 0 saturated heterocycles. The molecule has 2 aromatic rings. The minimum atomic E-state index is 1.47. The van der Waals surface area contributed by atoms with Gasteiger partial charge in [0.25, 0.3) is 0 Å². The molecule has 64 valence electrons. The maximum Gasteiger partial charge on any atom is 0.106 e. The number of carbonyl (C=O) groups excluding carboxylic acids is 1. The molecule has 7 heteroatoms. The predicted octanol–water partition coefficient (Wildman–Crippen LogP) is -0.0457. The Balaban J connectivity index is 0.000000168. The zero-order valence-corrected chi connectivity index (χ0v) is 6.03. The van der Waals surface area contributed by atoms with E-state index in [1.165, 1.54) is 24.8 Å². The maximum absolute atomic E-state index is 8.00. The van der Waals surface area contributed by atoms with Gasteiger partial charge in [0.05, 0.1) is 24.8 Å². The summed E-state index contributed by atoms with van der Waals surface area (Å²) in [5, 5.41) is 12.9. The molecule has 0 amide bonds. The lowest BCUT2D eigenvalue weighted by atomic mass is 11.0. The third-order valence-corrected chi connectivity index (χ3v) is 0.565. The van der Waals surface area contributed by atoms with Crippen LogP contribution in [0.15, 0.2) is 34.0 Å². The van der Waals surface area contributed by atoms with E-state index in [2.05, 4.69) is 29.9 Å². The van der Waals surface area contributed by atoms with Crippen molar-refractivity contribution in [3.8, 4) is 0 Å². The van der Waals surface area contributed by atoms with Crippen molar-refractivity contribution in [2.24, 2.45) is 0 Å². The number of hydrogen-bond acceptors (Lipinski definition) is 7. The van der Waals surface area contributed by atoms with Crippen LogP contribution in [0.5, 0.6) is 0 Å². The van der Waals surface area contributed by atoms with Gasteiger partial charge in [-0.05, 0) is 0 Å². The van der Waals surface area contributed by atoms with Crippen LogP contribution in [0.1, 0.15) is 0 Å². The predicted molar refractivity (Wildman–Crippen MR) is 35.7 cm³/mol. The SMILES string of the molecule is C=O.c1cnon1.c1cnon1. The maximum atomic E-state index is 8.00. The highest BCUT2D eigenvalue weighted by molar-refractivity contribution is 5.10. The summed E-state index contributed by atoms with van der Waals surface area (Å²) in [4.78, 5) is 8.00. The van der Waals surface area contributed by atoms with E-state index in [0.717, 1.165) is 0 Å². The van der Waals surface area contributed by atoms with Gasteiger partial charge in [-0.15, -0.1) is 0 Å². The Morgan fingerprint density at radius 3 is 1.08 bits per heavy atom. The van der Waals surface area contributed by atoms with E-state index >= 15 is 0 Å². The Morgan fingerprint density at radius 1 is 0.750 bits per heavy atom. The molecular formula is C5H6N4O3. The smallest absolute Gasteiger partial charge is 0.106 e. The molecule has 2 heterocycles. The van der Waals surface area contributed by atoms with Gasteiger partial charge in [-0.3, -0.25) is 0 Å². The Hall–Kier alpha value is -2.05. The van der Waals surface area contributed by atoms with Crippen molar-refractivity contribution in [2.45, 2.75) is 0 Å². The van der Waals surface area contributed by atoms with E-state index in [1.54, 1.807) is 0 Å². The van der Waals surface area contributed by atoms with E-state index in [4.69, 9.17) is 4.79 Å². The zero-order chi connectivity index (χ0) is 9.07. The fraction of sp³-hybridized carbons (Fsp3) is 0. The standard InChI is InChI=1S/2C2H2N2O.CH2O/c2*1-2-4-5-3-1;1-2/h2*1-2H;1H2. The van der Waals surface area contributed by atoms with Crippen molar-refractivity contribution in [1.82, 2.24) is 20.6 Å². The Labute approximate surface area is 67.3 Å². The van der Waals surface area contributed by atoms with Gasteiger partial charge in [-0.2, -0.15) is 0 Å². The Kier molecular flexibility index (Phi) is 7.42. The molecule has 0 saturated carbocycles. The molecule has 0 atom stereocenters. The minimum Gasteiger partial charge on any atom is -0.307 e. The van der Waals surface area contributed by atoms with Gasteiger partial charge in [0.1, 0.15) is 6.79 Å². The van der Waals surface area contributed by atoms with Crippen LogP contribution in [-0.2, 0) is 4.79 Å². The Morgan fingerprint density at radius 2 is 1.00 bits per heavy atom. The lowest BCUT2D eigenvalue weighted by Gasteiger charge is -1.45. The third kappa shape index (κ3) is 6.08. The second-order valence-corrected chi connectivity index (χ2v) is 1.18. The summed E-state index contributed by atoms with van der Waals surface area (Å²) in [6, 6.07) is 0. The zero-order valence-electron chi connectivity index (χ0n) is 6.03. The van der Waals surface area contributed by atoms with Crippen LogP contribution >= 0.6 is 0 Å². The van der Waals surface area contributed by atoms with Crippen molar-refractivity contribution in [3.63, 3.8) is 0 Å². The van der Waals surface area contributed by atoms with Gasteiger partial charge in [0.2, 0.25) is 0 Å². The van der Waals surface area contributed by atoms with Crippen molar-refractivity contribution < 1.29 is 14.1 Å². The van der Waals surface area contributed by atoms with Crippen molar-refractivity contribution >= 4 is 6.79 Å². The highest BCUT2D eigenvalue weighted by atomic mass is 16.6. The lowest BCUT2D eigenvalue weighted by molar-refractivity contribution is -0.0979. The number of carbonyl (C=O) groups is 1.